The van der Waals surface area contributed by atoms with Crippen LogP contribution in [0.2, 0.25) is 0 Å². The van der Waals surface area contributed by atoms with Crippen molar-refractivity contribution < 1.29 is 9.53 Å². The maximum Gasteiger partial charge on any atom is 0.240 e. The zero-order valence-corrected chi connectivity index (χ0v) is 11.2. The lowest BCUT2D eigenvalue weighted by Gasteiger charge is -2.36. The first-order valence-corrected chi connectivity index (χ1v) is 6.87. The molecule has 2 heterocycles. The van der Waals surface area contributed by atoms with E-state index >= 15 is 0 Å². The molecule has 4 nitrogen and oxygen atoms in total. The zero-order chi connectivity index (χ0) is 12.3. The van der Waals surface area contributed by atoms with E-state index in [0.717, 1.165) is 39.3 Å². The molecule has 2 atom stereocenters. The highest BCUT2D eigenvalue weighted by Crippen LogP contribution is 2.15. The van der Waals surface area contributed by atoms with Crippen molar-refractivity contribution in [2.24, 2.45) is 0 Å². The Kier molecular flexibility index (Phi) is 4.65. The van der Waals surface area contributed by atoms with Gasteiger partial charge in [-0.3, -0.25) is 9.69 Å². The summed E-state index contributed by atoms with van der Waals surface area (Å²) < 4.78 is 5.62. The molecule has 2 rings (SSSR count). The molecule has 98 valence electrons. The molecule has 17 heavy (non-hydrogen) atoms. The molecule has 0 saturated carbocycles. The van der Waals surface area contributed by atoms with Gasteiger partial charge in [0.05, 0.1) is 6.10 Å². The van der Waals surface area contributed by atoms with Gasteiger partial charge in [-0.05, 0) is 19.8 Å². The van der Waals surface area contributed by atoms with Crippen LogP contribution in [0.5, 0.6) is 0 Å². The quantitative estimate of drug-likeness (QED) is 0.708. The molecular weight excluding hydrogens is 240 g/mol. The van der Waals surface area contributed by atoms with Gasteiger partial charge in [-0.1, -0.05) is 0 Å². The fourth-order valence-electron chi connectivity index (χ4n) is 2.48. The molecule has 0 aromatic carbocycles. The van der Waals surface area contributed by atoms with E-state index in [0.29, 0.717) is 6.10 Å². The summed E-state index contributed by atoms with van der Waals surface area (Å²) in [4.78, 5) is 16.0. The van der Waals surface area contributed by atoms with Crippen molar-refractivity contribution in [2.75, 3.05) is 39.3 Å². The van der Waals surface area contributed by atoms with E-state index in [1.807, 2.05) is 4.90 Å². The molecule has 2 fully saturated rings. The van der Waals surface area contributed by atoms with Crippen LogP contribution in [-0.2, 0) is 9.53 Å². The van der Waals surface area contributed by atoms with Crippen LogP contribution in [0.25, 0.3) is 0 Å². The van der Waals surface area contributed by atoms with E-state index in [4.69, 9.17) is 16.3 Å². The first kappa shape index (κ1) is 13.1. The molecule has 5 heteroatoms. The molecule has 0 spiro atoms. The number of halogens is 1. The summed E-state index contributed by atoms with van der Waals surface area (Å²) in [5.74, 6) is 0.0587. The van der Waals surface area contributed by atoms with E-state index in [1.54, 1.807) is 6.92 Å². The fourth-order valence-corrected chi connectivity index (χ4v) is 2.62. The molecule has 0 aromatic heterocycles. The van der Waals surface area contributed by atoms with Crippen molar-refractivity contribution in [1.82, 2.24) is 9.80 Å². The summed E-state index contributed by atoms with van der Waals surface area (Å²) in [6.07, 6.45) is 2.77. The standard InChI is InChI=1S/C12H21ClN2O2/c1-10(13)12(16)15-6-4-14(5-7-15)9-11-3-2-8-17-11/h10-11H,2-9H2,1H3/t10-,11-/m0/s1. The van der Waals surface area contributed by atoms with Crippen LogP contribution in [0.4, 0.5) is 0 Å². The second-order valence-electron chi connectivity index (χ2n) is 4.88. The average molecular weight is 261 g/mol. The molecule has 2 saturated heterocycles. The van der Waals surface area contributed by atoms with Gasteiger partial charge in [0.1, 0.15) is 5.38 Å². The zero-order valence-electron chi connectivity index (χ0n) is 10.4. The number of ether oxygens (including phenoxy) is 1. The van der Waals surface area contributed by atoms with Crippen molar-refractivity contribution in [3.63, 3.8) is 0 Å². The molecule has 2 aliphatic heterocycles. The number of carbonyl (C=O) groups is 1. The normalized spacial score (nSPS) is 28.4. The third-order valence-corrected chi connectivity index (χ3v) is 3.70. The van der Waals surface area contributed by atoms with Crippen LogP contribution in [0, 0.1) is 0 Å². The molecule has 0 N–H and O–H groups in total. The highest BCUT2D eigenvalue weighted by atomic mass is 35.5. The minimum atomic E-state index is -0.403. The minimum absolute atomic E-state index is 0.0587. The maximum atomic E-state index is 11.7. The van der Waals surface area contributed by atoms with Gasteiger partial charge in [0, 0.05) is 39.3 Å². The van der Waals surface area contributed by atoms with Crippen LogP contribution in [0.3, 0.4) is 0 Å². The minimum Gasteiger partial charge on any atom is -0.377 e. The van der Waals surface area contributed by atoms with E-state index in [2.05, 4.69) is 4.90 Å². The SMILES string of the molecule is C[C@H](Cl)C(=O)N1CCN(C[C@@H]2CCCO2)CC1. The van der Waals surface area contributed by atoms with E-state index in [-0.39, 0.29) is 5.91 Å². The Hall–Kier alpha value is -0.320. The van der Waals surface area contributed by atoms with Crippen molar-refractivity contribution >= 4 is 17.5 Å². The first-order valence-electron chi connectivity index (χ1n) is 6.43. The molecule has 0 bridgehead atoms. The lowest BCUT2D eigenvalue weighted by atomic mass is 10.2. The lowest BCUT2D eigenvalue weighted by molar-refractivity contribution is -0.132. The molecular formula is C12H21ClN2O2. The Bertz CT molecular complexity index is 259. The number of nitrogens with zero attached hydrogens (tertiary/aromatic N) is 2. The van der Waals surface area contributed by atoms with Crippen LogP contribution in [0.15, 0.2) is 0 Å². The van der Waals surface area contributed by atoms with E-state index in [1.165, 1.54) is 12.8 Å². The molecule has 1 amide bonds. The van der Waals surface area contributed by atoms with E-state index in [9.17, 15) is 4.79 Å². The van der Waals surface area contributed by atoms with Gasteiger partial charge in [-0.25, -0.2) is 0 Å². The summed E-state index contributed by atoms with van der Waals surface area (Å²) >= 11 is 5.81. The second-order valence-corrected chi connectivity index (χ2v) is 5.53. The Balaban J connectivity index is 1.72. The molecule has 0 unspecified atom stereocenters. The Morgan fingerprint density at radius 1 is 1.41 bits per heavy atom. The largest absolute Gasteiger partial charge is 0.377 e. The maximum absolute atomic E-state index is 11.7. The highest BCUT2D eigenvalue weighted by molar-refractivity contribution is 6.30. The number of amides is 1. The van der Waals surface area contributed by atoms with Gasteiger partial charge in [-0.2, -0.15) is 0 Å². The average Bonchev–Trinajstić information content (AvgIpc) is 2.82. The van der Waals surface area contributed by atoms with Gasteiger partial charge < -0.3 is 9.64 Å². The number of rotatable bonds is 3. The number of carbonyl (C=O) groups excluding carboxylic acids is 1. The van der Waals surface area contributed by atoms with Gasteiger partial charge in [0.15, 0.2) is 0 Å². The van der Waals surface area contributed by atoms with Crippen LogP contribution < -0.4 is 0 Å². The van der Waals surface area contributed by atoms with Crippen molar-refractivity contribution in [2.45, 2.75) is 31.2 Å². The summed E-state index contributed by atoms with van der Waals surface area (Å²) in [6, 6.07) is 0. The van der Waals surface area contributed by atoms with Crippen LogP contribution >= 0.6 is 11.6 Å². The number of hydrogen-bond acceptors (Lipinski definition) is 3. The summed E-state index contributed by atoms with van der Waals surface area (Å²) in [5, 5.41) is -0.403. The first-order chi connectivity index (χ1) is 8.16. The summed E-state index contributed by atoms with van der Waals surface area (Å²) in [7, 11) is 0. The number of alkyl halides is 1. The van der Waals surface area contributed by atoms with Gasteiger partial charge in [0.2, 0.25) is 5.91 Å². The lowest BCUT2D eigenvalue weighted by Crippen LogP contribution is -2.51. The van der Waals surface area contributed by atoms with Gasteiger partial charge >= 0.3 is 0 Å². The summed E-state index contributed by atoms with van der Waals surface area (Å²) in [5.41, 5.74) is 0. The molecule has 2 aliphatic rings. The highest BCUT2D eigenvalue weighted by Gasteiger charge is 2.26. The van der Waals surface area contributed by atoms with E-state index < -0.39 is 5.38 Å². The second kappa shape index (κ2) is 6.03. The molecule has 0 aromatic rings. The Morgan fingerprint density at radius 3 is 2.65 bits per heavy atom. The Morgan fingerprint density at radius 2 is 2.12 bits per heavy atom. The number of hydrogen-bond donors (Lipinski definition) is 0. The fraction of sp³-hybridized carbons (Fsp3) is 0.917. The monoisotopic (exact) mass is 260 g/mol. The smallest absolute Gasteiger partial charge is 0.240 e. The predicted octanol–water partition coefficient (Wildman–Crippen LogP) is 0.937. The third kappa shape index (κ3) is 3.57. The topological polar surface area (TPSA) is 32.8 Å². The van der Waals surface area contributed by atoms with Crippen molar-refractivity contribution in [3.05, 3.63) is 0 Å². The van der Waals surface area contributed by atoms with Crippen molar-refractivity contribution in [1.29, 1.82) is 0 Å². The third-order valence-electron chi connectivity index (χ3n) is 3.51. The van der Waals surface area contributed by atoms with Gasteiger partial charge in [0.25, 0.3) is 0 Å². The van der Waals surface area contributed by atoms with Crippen LogP contribution in [0.1, 0.15) is 19.8 Å². The summed E-state index contributed by atoms with van der Waals surface area (Å²) in [6.45, 7) is 7.13. The molecule has 0 aliphatic carbocycles. The molecule has 0 radical (unpaired) electrons. The van der Waals surface area contributed by atoms with Crippen LogP contribution in [-0.4, -0.2) is 66.5 Å². The van der Waals surface area contributed by atoms with Crippen molar-refractivity contribution in [3.8, 4) is 0 Å². The Labute approximate surface area is 108 Å². The number of piperazine rings is 1. The predicted molar refractivity (Wildman–Crippen MR) is 67.3 cm³/mol. The van der Waals surface area contributed by atoms with Gasteiger partial charge in [-0.15, -0.1) is 11.6 Å².